The van der Waals surface area contributed by atoms with Crippen molar-refractivity contribution >= 4 is 0 Å². The van der Waals surface area contributed by atoms with Crippen LogP contribution in [0.25, 0.3) is 0 Å². The molecule has 0 atom stereocenters. The van der Waals surface area contributed by atoms with E-state index in [2.05, 4.69) is 6.42 Å². The van der Waals surface area contributed by atoms with Crippen LogP contribution in [-0.4, -0.2) is 0 Å². The van der Waals surface area contributed by atoms with Crippen LogP contribution < -0.4 is 18.9 Å². The molecule has 0 aromatic rings. The molecule has 1 rings (SSSR count). The molecule has 0 heterocycles. The summed E-state index contributed by atoms with van der Waals surface area (Å²) in [6.07, 6.45) is 9.50. The first-order valence-electron chi connectivity index (χ1n) is 2.82. The summed E-state index contributed by atoms with van der Waals surface area (Å²) in [5.74, 6) is 0. The van der Waals surface area contributed by atoms with Crippen molar-refractivity contribution in [1.82, 2.24) is 0 Å². The molecule has 1 aliphatic carbocycles. The normalized spacial score (nSPS) is 20.6. The van der Waals surface area contributed by atoms with Crippen LogP contribution in [0.2, 0.25) is 0 Å². The van der Waals surface area contributed by atoms with Crippen LogP contribution in [0, 0.1) is 6.42 Å². The van der Waals surface area contributed by atoms with Gasteiger partial charge in [0.15, 0.2) is 0 Å². The van der Waals surface area contributed by atoms with E-state index in [-0.39, 0.29) is 18.9 Å². The molecule has 0 amide bonds. The first-order valence-corrected chi connectivity index (χ1v) is 2.82. The van der Waals surface area contributed by atoms with E-state index >= 15 is 0 Å². The van der Waals surface area contributed by atoms with Crippen LogP contribution in [0.1, 0.15) is 32.1 Å². The largest absolute Gasteiger partial charge is 1.00 e. The van der Waals surface area contributed by atoms with Crippen LogP contribution in [0.3, 0.4) is 0 Å². The third kappa shape index (κ3) is 3.20. The maximum Gasteiger partial charge on any atom is 1.00 e. The quantitative estimate of drug-likeness (QED) is 0.269. The Balaban J connectivity index is 0.000000360. The SMILES string of the molecule is [CH-]1CCCCC1.[Li+]. The van der Waals surface area contributed by atoms with Gasteiger partial charge in [-0.1, -0.05) is 19.3 Å². The molecule has 0 bridgehead atoms. The van der Waals surface area contributed by atoms with E-state index in [4.69, 9.17) is 0 Å². The molecule has 0 nitrogen and oxygen atoms in total. The summed E-state index contributed by atoms with van der Waals surface area (Å²) in [6.45, 7) is 0. The zero-order valence-corrected chi connectivity index (χ0v) is 5.11. The predicted octanol–water partition coefficient (Wildman–Crippen LogP) is -0.841. The fourth-order valence-electron chi connectivity index (χ4n) is 0.898. The Morgan fingerprint density at radius 3 is 1.57 bits per heavy atom. The van der Waals surface area contributed by atoms with E-state index in [0.29, 0.717) is 0 Å². The zero-order valence-electron chi connectivity index (χ0n) is 5.11. The molecule has 0 unspecified atom stereocenters. The van der Waals surface area contributed by atoms with Gasteiger partial charge in [-0.05, 0) is 0 Å². The van der Waals surface area contributed by atoms with E-state index in [1.807, 2.05) is 0 Å². The molecule has 0 spiro atoms. The first-order chi connectivity index (χ1) is 3.00. The van der Waals surface area contributed by atoms with Crippen LogP contribution in [-0.2, 0) is 0 Å². The molecule has 0 aliphatic heterocycles. The molecular formula is C6H11Li. The topological polar surface area (TPSA) is 0 Å². The van der Waals surface area contributed by atoms with Crippen LogP contribution in [0.15, 0.2) is 0 Å². The van der Waals surface area contributed by atoms with Crippen LogP contribution in [0.5, 0.6) is 0 Å². The third-order valence-electron chi connectivity index (χ3n) is 1.32. The van der Waals surface area contributed by atoms with E-state index in [9.17, 15) is 0 Å². The summed E-state index contributed by atoms with van der Waals surface area (Å²) in [4.78, 5) is 0. The average Bonchev–Trinajstić information content (AvgIpc) is 1.72. The van der Waals surface area contributed by atoms with Gasteiger partial charge >= 0.3 is 18.9 Å². The summed E-state index contributed by atoms with van der Waals surface area (Å²) in [7, 11) is 0. The van der Waals surface area contributed by atoms with Crippen molar-refractivity contribution < 1.29 is 18.9 Å². The van der Waals surface area contributed by atoms with Crippen molar-refractivity contribution in [2.45, 2.75) is 32.1 Å². The Morgan fingerprint density at radius 1 is 0.857 bits per heavy atom. The van der Waals surface area contributed by atoms with Crippen molar-refractivity contribution in [1.29, 1.82) is 0 Å². The van der Waals surface area contributed by atoms with Gasteiger partial charge in [0.05, 0.1) is 0 Å². The van der Waals surface area contributed by atoms with Gasteiger partial charge in [-0.3, -0.25) is 0 Å². The Morgan fingerprint density at radius 2 is 1.43 bits per heavy atom. The summed E-state index contributed by atoms with van der Waals surface area (Å²) in [5.41, 5.74) is 0. The fourth-order valence-corrected chi connectivity index (χ4v) is 0.898. The predicted molar refractivity (Wildman–Crippen MR) is 27.4 cm³/mol. The van der Waals surface area contributed by atoms with Gasteiger partial charge in [0.2, 0.25) is 0 Å². The molecule has 36 valence electrons. The summed E-state index contributed by atoms with van der Waals surface area (Å²) < 4.78 is 0. The molecule has 0 radical (unpaired) electrons. The molecule has 1 heteroatoms. The number of rotatable bonds is 0. The minimum absolute atomic E-state index is 0. The zero-order chi connectivity index (χ0) is 4.24. The van der Waals surface area contributed by atoms with Gasteiger partial charge < -0.3 is 6.42 Å². The van der Waals surface area contributed by atoms with Crippen LogP contribution >= 0.6 is 0 Å². The van der Waals surface area contributed by atoms with Gasteiger partial charge in [0.25, 0.3) is 0 Å². The van der Waals surface area contributed by atoms with Crippen LogP contribution in [0.4, 0.5) is 0 Å². The van der Waals surface area contributed by atoms with Gasteiger partial charge in [0, 0.05) is 0 Å². The molecule has 0 N–H and O–H groups in total. The standard InChI is InChI=1S/C6H11.Li/c1-2-4-6-5-3-1;/h1H,2-6H2;/q-1;+1. The Hall–Kier alpha value is 0.597. The molecule has 1 saturated carbocycles. The van der Waals surface area contributed by atoms with Crippen molar-refractivity contribution in [3.8, 4) is 0 Å². The Kier molecular flexibility index (Phi) is 5.15. The second-order valence-corrected chi connectivity index (χ2v) is 1.93. The van der Waals surface area contributed by atoms with E-state index in [1.165, 1.54) is 32.1 Å². The maximum absolute atomic E-state index is 2.39. The Bertz CT molecular complexity index is 19.7. The number of hydrogen-bond donors (Lipinski definition) is 0. The minimum Gasteiger partial charge on any atom is -0.328 e. The van der Waals surface area contributed by atoms with E-state index in [0.717, 1.165) is 0 Å². The Labute approximate surface area is 57.9 Å². The summed E-state index contributed by atoms with van der Waals surface area (Å²) in [5, 5.41) is 0. The van der Waals surface area contributed by atoms with Crippen molar-refractivity contribution in [3.63, 3.8) is 0 Å². The van der Waals surface area contributed by atoms with Gasteiger partial charge in [0.1, 0.15) is 0 Å². The summed E-state index contributed by atoms with van der Waals surface area (Å²) in [6, 6.07) is 0. The number of hydrogen-bond acceptors (Lipinski definition) is 0. The maximum atomic E-state index is 2.39. The van der Waals surface area contributed by atoms with E-state index in [1.54, 1.807) is 0 Å². The van der Waals surface area contributed by atoms with Crippen molar-refractivity contribution in [2.75, 3.05) is 0 Å². The van der Waals surface area contributed by atoms with Crippen molar-refractivity contribution in [2.24, 2.45) is 0 Å². The second-order valence-electron chi connectivity index (χ2n) is 1.93. The van der Waals surface area contributed by atoms with Gasteiger partial charge in [-0.25, -0.2) is 0 Å². The molecule has 0 aromatic heterocycles. The molecule has 7 heavy (non-hydrogen) atoms. The first kappa shape index (κ1) is 7.60. The second kappa shape index (κ2) is 4.75. The molecular weight excluding hydrogens is 79.0 g/mol. The summed E-state index contributed by atoms with van der Waals surface area (Å²) >= 11 is 0. The fraction of sp³-hybridized carbons (Fsp3) is 0.833. The average molecular weight is 90.1 g/mol. The van der Waals surface area contributed by atoms with Gasteiger partial charge in [-0.15, -0.1) is 0 Å². The van der Waals surface area contributed by atoms with Gasteiger partial charge in [-0.2, -0.15) is 12.8 Å². The molecule has 0 saturated heterocycles. The minimum atomic E-state index is 0. The smallest absolute Gasteiger partial charge is 0.328 e. The van der Waals surface area contributed by atoms with E-state index < -0.39 is 0 Å². The molecule has 1 fully saturated rings. The molecule has 0 aromatic carbocycles. The third-order valence-corrected chi connectivity index (χ3v) is 1.32. The van der Waals surface area contributed by atoms with Crippen molar-refractivity contribution in [3.05, 3.63) is 6.42 Å². The molecule has 1 aliphatic rings. The monoisotopic (exact) mass is 90.1 g/mol.